The first-order valence-corrected chi connectivity index (χ1v) is 8.08. The number of benzene rings is 1. The molecule has 8 heteroatoms. The van der Waals surface area contributed by atoms with Crippen LogP contribution in [-0.4, -0.2) is 59.7 Å². The minimum atomic E-state index is -0.972. The molecule has 1 aromatic rings. The lowest BCUT2D eigenvalue weighted by molar-refractivity contribution is -0.141. The number of likely N-dealkylation sites (tertiary alicyclic amines) is 1. The molecule has 0 spiro atoms. The lowest BCUT2D eigenvalue weighted by Gasteiger charge is -2.28. The highest BCUT2D eigenvalue weighted by atomic mass is 16.5. The molecule has 8 nitrogen and oxygen atoms in total. The average Bonchev–Trinajstić information content (AvgIpc) is 2.98. The summed E-state index contributed by atoms with van der Waals surface area (Å²) in [6.07, 6.45) is -0.960. The lowest BCUT2D eigenvalue weighted by Crippen LogP contribution is -2.44. The van der Waals surface area contributed by atoms with Gasteiger partial charge in [0.15, 0.2) is 6.10 Å². The van der Waals surface area contributed by atoms with E-state index >= 15 is 0 Å². The molecule has 3 atom stereocenters. The summed E-state index contributed by atoms with van der Waals surface area (Å²) in [5, 5.41) is 11.8. The Bertz CT molecular complexity index is 691. The van der Waals surface area contributed by atoms with Crippen LogP contribution in [0.25, 0.3) is 0 Å². The average molecular weight is 348 g/mol. The predicted molar refractivity (Wildman–Crippen MR) is 87.3 cm³/mol. The monoisotopic (exact) mass is 348 g/mol. The van der Waals surface area contributed by atoms with E-state index < -0.39 is 18.1 Å². The van der Waals surface area contributed by atoms with Crippen molar-refractivity contribution in [2.24, 2.45) is 0 Å². The lowest BCUT2D eigenvalue weighted by atomic mass is 10.1. The predicted octanol–water partition coefficient (Wildman–Crippen LogP) is 0.867. The van der Waals surface area contributed by atoms with E-state index in [9.17, 15) is 14.4 Å². The molecule has 0 radical (unpaired) electrons. The van der Waals surface area contributed by atoms with Gasteiger partial charge in [0.1, 0.15) is 5.75 Å². The van der Waals surface area contributed by atoms with Crippen LogP contribution in [-0.2, 0) is 19.1 Å². The number of carboxylic acids is 1. The molecule has 2 heterocycles. The quantitative estimate of drug-likeness (QED) is 0.818. The number of nitrogens with one attached hydrogen (secondary N) is 1. The van der Waals surface area contributed by atoms with Crippen molar-refractivity contribution >= 4 is 23.5 Å². The van der Waals surface area contributed by atoms with E-state index in [1.165, 1.54) is 12.0 Å². The minimum Gasteiger partial charge on any atom is -0.481 e. The van der Waals surface area contributed by atoms with Gasteiger partial charge < -0.3 is 24.8 Å². The first-order valence-electron chi connectivity index (χ1n) is 8.08. The summed E-state index contributed by atoms with van der Waals surface area (Å²) >= 11 is 0. The molecule has 0 saturated carbocycles. The van der Waals surface area contributed by atoms with Crippen LogP contribution in [0.5, 0.6) is 5.75 Å². The molecule has 2 N–H and O–H groups in total. The highest BCUT2D eigenvalue weighted by Gasteiger charge is 2.39. The SMILES string of the molecule is COC1CC(CC(=O)O)N(C(=O)CC2Oc3ccccc3NC2=O)C1. The van der Waals surface area contributed by atoms with Crippen LogP contribution in [0.15, 0.2) is 24.3 Å². The number of rotatable bonds is 5. The number of aliphatic carboxylic acids is 1. The number of carbonyl (C=O) groups excluding carboxylic acids is 2. The van der Waals surface area contributed by atoms with Crippen molar-refractivity contribution < 1.29 is 29.0 Å². The molecule has 3 unspecified atom stereocenters. The molecular weight excluding hydrogens is 328 g/mol. The fourth-order valence-corrected chi connectivity index (χ4v) is 3.25. The first kappa shape index (κ1) is 17.2. The number of methoxy groups -OCH3 is 1. The van der Waals surface area contributed by atoms with Gasteiger partial charge in [-0.05, 0) is 18.6 Å². The van der Waals surface area contributed by atoms with Gasteiger partial charge in [-0.1, -0.05) is 12.1 Å². The first-order chi connectivity index (χ1) is 12.0. The number of carboxylic acid groups (broad SMARTS) is 1. The molecule has 1 aromatic carbocycles. The van der Waals surface area contributed by atoms with Crippen LogP contribution in [0, 0.1) is 0 Å². The van der Waals surface area contributed by atoms with Gasteiger partial charge in [-0.15, -0.1) is 0 Å². The van der Waals surface area contributed by atoms with Crippen LogP contribution >= 0.6 is 0 Å². The maximum Gasteiger partial charge on any atom is 0.305 e. The maximum atomic E-state index is 12.6. The third-order valence-corrected chi connectivity index (χ3v) is 4.51. The maximum absolute atomic E-state index is 12.6. The van der Waals surface area contributed by atoms with Crippen molar-refractivity contribution in [3.05, 3.63) is 24.3 Å². The molecule has 25 heavy (non-hydrogen) atoms. The van der Waals surface area contributed by atoms with Crippen molar-refractivity contribution in [1.29, 1.82) is 0 Å². The molecule has 1 fully saturated rings. The number of hydrogen-bond acceptors (Lipinski definition) is 5. The number of anilines is 1. The number of amides is 2. The van der Waals surface area contributed by atoms with Crippen LogP contribution in [0.4, 0.5) is 5.69 Å². The van der Waals surface area contributed by atoms with Gasteiger partial charge >= 0.3 is 5.97 Å². The van der Waals surface area contributed by atoms with Gasteiger partial charge in [0, 0.05) is 19.7 Å². The van der Waals surface area contributed by atoms with E-state index in [0.717, 1.165) is 0 Å². The fourth-order valence-electron chi connectivity index (χ4n) is 3.25. The van der Waals surface area contributed by atoms with Crippen LogP contribution in [0.2, 0.25) is 0 Å². The molecule has 3 rings (SSSR count). The summed E-state index contributed by atoms with van der Waals surface area (Å²) in [7, 11) is 1.53. The molecule has 0 aromatic heterocycles. The Labute approximate surface area is 144 Å². The van der Waals surface area contributed by atoms with Gasteiger partial charge in [0.2, 0.25) is 5.91 Å². The summed E-state index contributed by atoms with van der Waals surface area (Å²) in [6, 6.07) is 6.56. The Morgan fingerprint density at radius 1 is 1.36 bits per heavy atom. The van der Waals surface area contributed by atoms with Gasteiger partial charge in [-0.25, -0.2) is 0 Å². The third-order valence-electron chi connectivity index (χ3n) is 4.51. The van der Waals surface area contributed by atoms with E-state index in [0.29, 0.717) is 24.4 Å². The number of hydrogen-bond donors (Lipinski definition) is 2. The summed E-state index contributed by atoms with van der Waals surface area (Å²) in [6.45, 7) is 0.318. The standard InChI is InChI=1S/C17H20N2O6/c1-24-11-6-10(7-16(21)22)19(9-11)15(20)8-14-17(23)18-12-4-2-3-5-13(12)25-14/h2-5,10-11,14H,6-9H2,1H3,(H,18,23)(H,21,22). The fraction of sp³-hybridized carbons (Fsp3) is 0.471. The minimum absolute atomic E-state index is 0.146. The second kappa shape index (κ2) is 7.10. The highest BCUT2D eigenvalue weighted by molar-refractivity contribution is 6.00. The molecule has 0 bridgehead atoms. The Morgan fingerprint density at radius 3 is 2.84 bits per heavy atom. The van der Waals surface area contributed by atoms with Gasteiger partial charge in [0.25, 0.3) is 5.91 Å². The van der Waals surface area contributed by atoms with E-state index in [-0.39, 0.29) is 30.8 Å². The zero-order chi connectivity index (χ0) is 18.0. The Hall–Kier alpha value is -2.61. The van der Waals surface area contributed by atoms with Crippen LogP contribution < -0.4 is 10.1 Å². The largest absolute Gasteiger partial charge is 0.481 e. The van der Waals surface area contributed by atoms with E-state index in [1.54, 1.807) is 24.3 Å². The van der Waals surface area contributed by atoms with E-state index in [1.807, 2.05) is 0 Å². The Kier molecular flexibility index (Phi) is 4.89. The Balaban J connectivity index is 1.68. The number of ether oxygens (including phenoxy) is 2. The second-order valence-corrected chi connectivity index (χ2v) is 6.19. The summed E-state index contributed by atoms with van der Waals surface area (Å²) in [5.41, 5.74) is 0.570. The molecule has 2 amide bonds. The zero-order valence-electron chi connectivity index (χ0n) is 13.8. The van der Waals surface area contributed by atoms with Crippen molar-refractivity contribution in [2.45, 2.75) is 37.5 Å². The number of nitrogens with zero attached hydrogens (tertiary/aromatic N) is 1. The van der Waals surface area contributed by atoms with Crippen molar-refractivity contribution in [2.75, 3.05) is 19.0 Å². The normalized spacial score (nSPS) is 25.1. The van der Waals surface area contributed by atoms with Crippen molar-refractivity contribution in [3.63, 3.8) is 0 Å². The number of fused-ring (bicyclic) bond motifs is 1. The molecular formula is C17H20N2O6. The van der Waals surface area contributed by atoms with E-state index in [2.05, 4.69) is 5.32 Å². The van der Waals surface area contributed by atoms with Crippen LogP contribution in [0.3, 0.4) is 0 Å². The molecule has 1 saturated heterocycles. The molecule has 2 aliphatic rings. The molecule has 2 aliphatic heterocycles. The summed E-state index contributed by atoms with van der Waals surface area (Å²) < 4.78 is 10.9. The van der Waals surface area contributed by atoms with Gasteiger partial charge in [0.05, 0.1) is 24.6 Å². The van der Waals surface area contributed by atoms with Crippen molar-refractivity contribution in [3.8, 4) is 5.75 Å². The zero-order valence-corrected chi connectivity index (χ0v) is 13.8. The second-order valence-electron chi connectivity index (χ2n) is 6.19. The molecule has 134 valence electrons. The number of para-hydroxylation sites is 2. The number of carbonyl (C=O) groups is 3. The molecule has 0 aliphatic carbocycles. The topological polar surface area (TPSA) is 105 Å². The summed E-state index contributed by atoms with van der Waals surface area (Å²) in [4.78, 5) is 37.3. The van der Waals surface area contributed by atoms with Gasteiger partial charge in [-0.2, -0.15) is 0 Å². The highest BCUT2D eigenvalue weighted by Crippen LogP contribution is 2.30. The van der Waals surface area contributed by atoms with Crippen LogP contribution in [0.1, 0.15) is 19.3 Å². The summed E-state index contributed by atoms with van der Waals surface area (Å²) in [5.74, 6) is -1.16. The van der Waals surface area contributed by atoms with E-state index in [4.69, 9.17) is 14.6 Å². The van der Waals surface area contributed by atoms with Gasteiger partial charge in [-0.3, -0.25) is 14.4 Å². The third kappa shape index (κ3) is 3.74. The Morgan fingerprint density at radius 2 is 2.12 bits per heavy atom. The smallest absolute Gasteiger partial charge is 0.305 e. The van der Waals surface area contributed by atoms with Crippen molar-refractivity contribution in [1.82, 2.24) is 4.90 Å².